The molecule has 1 heterocycles. The van der Waals surface area contributed by atoms with E-state index < -0.39 is 21.7 Å². The Hall–Kier alpha value is -2.51. The minimum atomic E-state index is -3.94. The van der Waals surface area contributed by atoms with Crippen molar-refractivity contribution in [3.63, 3.8) is 0 Å². The second kappa shape index (κ2) is 6.09. The van der Waals surface area contributed by atoms with Crippen LogP contribution in [0.1, 0.15) is 41.3 Å². The molecule has 0 saturated carbocycles. The first-order valence-electron chi connectivity index (χ1n) is 7.80. The zero-order valence-corrected chi connectivity index (χ0v) is 14.7. The van der Waals surface area contributed by atoms with Crippen LogP contribution in [0.4, 0.5) is 5.69 Å². The third-order valence-electron chi connectivity index (χ3n) is 4.23. The average Bonchev–Trinajstić information content (AvgIpc) is 2.79. The van der Waals surface area contributed by atoms with E-state index in [1.165, 1.54) is 17.0 Å². The highest BCUT2D eigenvalue weighted by molar-refractivity contribution is 7.89. The number of ketones is 1. The van der Waals surface area contributed by atoms with Crippen LogP contribution in [0.3, 0.4) is 0 Å². The van der Waals surface area contributed by atoms with Gasteiger partial charge >= 0.3 is 0 Å². The van der Waals surface area contributed by atoms with Gasteiger partial charge in [0.1, 0.15) is 0 Å². The molecule has 2 aromatic carbocycles. The molecule has 0 unspecified atom stereocenters. The van der Waals surface area contributed by atoms with Gasteiger partial charge in [0.25, 0.3) is 11.7 Å². The van der Waals surface area contributed by atoms with Gasteiger partial charge in [0.05, 0.1) is 22.7 Å². The van der Waals surface area contributed by atoms with Crippen molar-refractivity contribution in [3.05, 3.63) is 59.2 Å². The van der Waals surface area contributed by atoms with E-state index in [9.17, 15) is 18.0 Å². The van der Waals surface area contributed by atoms with Crippen LogP contribution in [0.2, 0.25) is 0 Å². The van der Waals surface area contributed by atoms with Gasteiger partial charge < -0.3 is 4.90 Å². The summed E-state index contributed by atoms with van der Waals surface area (Å²) < 4.78 is 22.9. The molecule has 0 spiro atoms. The summed E-state index contributed by atoms with van der Waals surface area (Å²) in [4.78, 5) is 25.7. The van der Waals surface area contributed by atoms with Crippen LogP contribution in [0, 0.1) is 0 Å². The minimum absolute atomic E-state index is 0.0662. The number of carbonyl (C=O) groups excluding carboxylic acids is 2. The largest absolute Gasteiger partial charge is 0.300 e. The smallest absolute Gasteiger partial charge is 0.299 e. The van der Waals surface area contributed by atoms with Crippen molar-refractivity contribution < 1.29 is 18.0 Å². The number of amides is 1. The van der Waals surface area contributed by atoms with E-state index in [0.717, 1.165) is 17.2 Å². The molecule has 0 radical (unpaired) electrons. The van der Waals surface area contributed by atoms with Gasteiger partial charge in [-0.2, -0.15) is 0 Å². The molecule has 0 aliphatic carbocycles. The Bertz CT molecular complexity index is 980. The maximum Gasteiger partial charge on any atom is 0.299 e. The zero-order chi connectivity index (χ0) is 18.4. The molecule has 1 amide bonds. The first-order chi connectivity index (χ1) is 11.7. The number of nitrogens with two attached hydrogens (primary N) is 1. The molecule has 1 aliphatic heterocycles. The van der Waals surface area contributed by atoms with Crippen molar-refractivity contribution in [1.82, 2.24) is 0 Å². The Kier molecular flexibility index (Phi) is 4.22. The summed E-state index contributed by atoms with van der Waals surface area (Å²) in [7, 11) is -3.94. The lowest BCUT2D eigenvalue weighted by Gasteiger charge is -2.18. The molecule has 2 N–H and O–H groups in total. The number of rotatable bonds is 4. The summed E-state index contributed by atoms with van der Waals surface area (Å²) >= 11 is 0. The first kappa shape index (κ1) is 17.3. The predicted octanol–water partition coefficient (Wildman–Crippen LogP) is 2.19. The summed E-state index contributed by atoms with van der Waals surface area (Å²) in [5.41, 5.74) is 2.50. The van der Waals surface area contributed by atoms with Crippen LogP contribution in [-0.2, 0) is 21.4 Å². The lowest BCUT2D eigenvalue weighted by molar-refractivity contribution is -0.114. The van der Waals surface area contributed by atoms with Crippen molar-refractivity contribution in [3.8, 4) is 0 Å². The maximum atomic E-state index is 12.3. The normalized spacial score (nSPS) is 14.3. The van der Waals surface area contributed by atoms with Gasteiger partial charge in [-0.15, -0.1) is 0 Å². The predicted molar refractivity (Wildman–Crippen MR) is 93.9 cm³/mol. The SMILES string of the molecule is CC(C)c1cccc(CN2C(=O)C(=O)c3cc(S(N)(=O)=O)ccc32)c1. The highest BCUT2D eigenvalue weighted by atomic mass is 32.2. The lowest BCUT2D eigenvalue weighted by Crippen LogP contribution is -2.29. The fourth-order valence-corrected chi connectivity index (χ4v) is 3.39. The van der Waals surface area contributed by atoms with Crippen LogP contribution < -0.4 is 10.0 Å². The van der Waals surface area contributed by atoms with Crippen LogP contribution in [-0.4, -0.2) is 20.1 Å². The number of anilines is 1. The number of Topliss-reactive ketones (excluding diaryl/α,β-unsaturated/α-hetero) is 1. The number of benzene rings is 2. The van der Waals surface area contributed by atoms with Crippen LogP contribution >= 0.6 is 0 Å². The van der Waals surface area contributed by atoms with Gasteiger partial charge in [0, 0.05) is 0 Å². The van der Waals surface area contributed by atoms with E-state index in [-0.39, 0.29) is 17.0 Å². The topological polar surface area (TPSA) is 97.5 Å². The Morgan fingerprint density at radius 3 is 2.44 bits per heavy atom. The second-order valence-electron chi connectivity index (χ2n) is 6.34. The third-order valence-corrected chi connectivity index (χ3v) is 5.14. The monoisotopic (exact) mass is 358 g/mol. The lowest BCUT2D eigenvalue weighted by atomic mass is 10.0. The number of nitrogens with zero attached hydrogens (tertiary/aromatic N) is 1. The zero-order valence-electron chi connectivity index (χ0n) is 13.9. The van der Waals surface area contributed by atoms with Gasteiger partial charge in [-0.05, 0) is 35.2 Å². The number of hydrogen-bond acceptors (Lipinski definition) is 4. The molecule has 0 saturated heterocycles. The van der Waals surface area contributed by atoms with E-state index in [4.69, 9.17) is 5.14 Å². The fourth-order valence-electron chi connectivity index (χ4n) is 2.85. The van der Waals surface area contributed by atoms with Crippen LogP contribution in [0.25, 0.3) is 0 Å². The summed E-state index contributed by atoms with van der Waals surface area (Å²) in [6.07, 6.45) is 0. The number of sulfonamides is 1. The van der Waals surface area contributed by atoms with Gasteiger partial charge in [-0.25, -0.2) is 13.6 Å². The van der Waals surface area contributed by atoms with E-state index in [2.05, 4.69) is 13.8 Å². The molecular weight excluding hydrogens is 340 g/mol. The minimum Gasteiger partial charge on any atom is -0.300 e. The molecule has 6 nitrogen and oxygen atoms in total. The van der Waals surface area contributed by atoms with Crippen LogP contribution in [0.5, 0.6) is 0 Å². The molecule has 25 heavy (non-hydrogen) atoms. The van der Waals surface area contributed by atoms with Crippen molar-refractivity contribution in [2.45, 2.75) is 31.2 Å². The van der Waals surface area contributed by atoms with Gasteiger partial charge in [-0.3, -0.25) is 9.59 Å². The molecule has 0 bridgehead atoms. The number of primary sulfonamides is 1. The molecule has 0 fully saturated rings. The molecule has 130 valence electrons. The third kappa shape index (κ3) is 3.20. The van der Waals surface area contributed by atoms with Crippen molar-refractivity contribution >= 4 is 27.4 Å². The van der Waals surface area contributed by atoms with Gasteiger partial charge in [-0.1, -0.05) is 38.1 Å². The van der Waals surface area contributed by atoms with E-state index in [1.807, 2.05) is 24.3 Å². The maximum absolute atomic E-state index is 12.3. The molecule has 2 aromatic rings. The molecule has 0 atom stereocenters. The number of fused-ring (bicyclic) bond motifs is 1. The highest BCUT2D eigenvalue weighted by Crippen LogP contribution is 2.32. The summed E-state index contributed by atoms with van der Waals surface area (Å²) in [5, 5.41) is 5.10. The van der Waals surface area contributed by atoms with E-state index in [0.29, 0.717) is 11.6 Å². The summed E-state index contributed by atoms with van der Waals surface area (Å²) in [6.45, 7) is 4.40. The van der Waals surface area contributed by atoms with Gasteiger partial charge in [0.2, 0.25) is 10.0 Å². The standard InChI is InChI=1S/C18H18N2O4S/c1-11(2)13-5-3-4-12(8-13)10-20-16-7-6-14(25(19,23)24)9-15(16)17(21)18(20)22/h3-9,11H,10H2,1-2H3,(H2,19,23,24). The van der Waals surface area contributed by atoms with Crippen LogP contribution in [0.15, 0.2) is 47.4 Å². The number of hydrogen-bond donors (Lipinski definition) is 1. The molecule has 0 aromatic heterocycles. The van der Waals surface area contributed by atoms with E-state index in [1.54, 1.807) is 0 Å². The van der Waals surface area contributed by atoms with Gasteiger partial charge in [0.15, 0.2) is 0 Å². The van der Waals surface area contributed by atoms with Crippen molar-refractivity contribution in [2.24, 2.45) is 5.14 Å². The first-order valence-corrected chi connectivity index (χ1v) is 9.35. The van der Waals surface area contributed by atoms with Crippen molar-refractivity contribution in [1.29, 1.82) is 0 Å². The Balaban J connectivity index is 1.99. The van der Waals surface area contributed by atoms with Crippen molar-refractivity contribution in [2.75, 3.05) is 4.90 Å². The second-order valence-corrected chi connectivity index (χ2v) is 7.91. The quantitative estimate of drug-likeness (QED) is 0.847. The Morgan fingerprint density at radius 1 is 1.08 bits per heavy atom. The molecule has 3 rings (SSSR count). The number of carbonyl (C=O) groups is 2. The molecule has 1 aliphatic rings. The Labute approximate surface area is 146 Å². The highest BCUT2D eigenvalue weighted by Gasteiger charge is 2.36. The summed E-state index contributed by atoms with van der Waals surface area (Å²) in [6, 6.07) is 11.7. The van der Waals surface area contributed by atoms with E-state index >= 15 is 0 Å². The fraction of sp³-hybridized carbons (Fsp3) is 0.222. The molecular formula is C18H18N2O4S. The molecule has 7 heteroatoms. The Morgan fingerprint density at radius 2 is 1.80 bits per heavy atom. The average molecular weight is 358 g/mol. The summed E-state index contributed by atoms with van der Waals surface area (Å²) in [5.74, 6) is -1.04.